The number of hydrogen-bond donors (Lipinski definition) is 1. The molecule has 0 unspecified atom stereocenters. The number of carbonyl (C=O) groups is 1. The molecule has 14 heavy (non-hydrogen) atoms. The van der Waals surface area contributed by atoms with Crippen LogP contribution >= 0.6 is 27.5 Å². The zero-order valence-electron chi connectivity index (χ0n) is 7.68. The largest absolute Gasteiger partial charge is 0.507 e. The van der Waals surface area contributed by atoms with Crippen LogP contribution in [-0.2, 0) is 0 Å². The molecule has 0 aliphatic carbocycles. The van der Waals surface area contributed by atoms with E-state index >= 15 is 0 Å². The summed E-state index contributed by atoms with van der Waals surface area (Å²) in [5, 5.41) is 9.59. The highest BCUT2D eigenvalue weighted by molar-refractivity contribution is 9.10. The predicted molar refractivity (Wildman–Crippen MR) is 60.1 cm³/mol. The van der Waals surface area contributed by atoms with Gasteiger partial charge in [-0.25, -0.2) is 0 Å². The van der Waals surface area contributed by atoms with E-state index in [2.05, 4.69) is 15.9 Å². The third-order valence-electron chi connectivity index (χ3n) is 1.81. The summed E-state index contributed by atoms with van der Waals surface area (Å²) >= 11 is 8.97. The average Bonchev–Trinajstić information content (AvgIpc) is 2.11. The molecule has 1 aromatic rings. The fraction of sp³-hybridized carbons (Fsp3) is 0.300. The van der Waals surface area contributed by atoms with Gasteiger partial charge in [0, 0.05) is 18.1 Å². The molecule has 76 valence electrons. The first-order valence-electron chi connectivity index (χ1n) is 4.27. The van der Waals surface area contributed by atoms with Gasteiger partial charge in [-0.15, -0.1) is 0 Å². The van der Waals surface area contributed by atoms with E-state index in [1.807, 2.05) is 6.92 Å². The van der Waals surface area contributed by atoms with Crippen molar-refractivity contribution in [1.29, 1.82) is 0 Å². The molecule has 0 heterocycles. The minimum Gasteiger partial charge on any atom is -0.507 e. The van der Waals surface area contributed by atoms with E-state index in [1.54, 1.807) is 6.07 Å². The number of hydrogen-bond acceptors (Lipinski definition) is 2. The van der Waals surface area contributed by atoms with Crippen LogP contribution in [0.1, 0.15) is 30.1 Å². The molecule has 0 saturated carbocycles. The summed E-state index contributed by atoms with van der Waals surface area (Å²) in [6.45, 7) is 1.93. The molecule has 0 fully saturated rings. The lowest BCUT2D eigenvalue weighted by atomic mass is 10.1. The Labute approximate surface area is 96.0 Å². The van der Waals surface area contributed by atoms with E-state index in [0.717, 1.165) is 6.42 Å². The van der Waals surface area contributed by atoms with Gasteiger partial charge in [-0.05, 0) is 28.4 Å². The Bertz CT molecular complexity index is 363. The average molecular weight is 278 g/mol. The number of phenolic OH excluding ortho intramolecular Hbond substituents is 1. The molecule has 0 bridgehead atoms. The quantitative estimate of drug-likeness (QED) is 0.854. The SMILES string of the molecule is CCCC(=O)c1cc(Br)c(O)cc1Cl. The summed E-state index contributed by atoms with van der Waals surface area (Å²) in [5.74, 6) is 0.0428. The number of benzene rings is 1. The van der Waals surface area contributed by atoms with Gasteiger partial charge in [0.25, 0.3) is 0 Å². The maximum atomic E-state index is 11.5. The molecular weight excluding hydrogens is 267 g/mol. The van der Waals surface area contributed by atoms with Crippen LogP contribution < -0.4 is 0 Å². The second-order valence-electron chi connectivity index (χ2n) is 2.96. The summed E-state index contributed by atoms with van der Waals surface area (Å²) in [6, 6.07) is 2.92. The molecule has 0 aliphatic heterocycles. The molecule has 0 aromatic heterocycles. The van der Waals surface area contributed by atoms with Crippen molar-refractivity contribution in [2.45, 2.75) is 19.8 Å². The molecule has 0 amide bonds. The van der Waals surface area contributed by atoms with Gasteiger partial charge in [0.2, 0.25) is 0 Å². The highest BCUT2D eigenvalue weighted by atomic mass is 79.9. The molecule has 0 aliphatic rings. The first kappa shape index (κ1) is 11.5. The van der Waals surface area contributed by atoms with Crippen molar-refractivity contribution in [1.82, 2.24) is 0 Å². The molecule has 1 rings (SSSR count). The summed E-state index contributed by atoms with van der Waals surface area (Å²) in [6.07, 6.45) is 1.25. The number of ketones is 1. The summed E-state index contributed by atoms with van der Waals surface area (Å²) in [7, 11) is 0. The number of aromatic hydroxyl groups is 1. The molecule has 1 aromatic carbocycles. The highest BCUT2D eigenvalue weighted by Gasteiger charge is 2.12. The predicted octanol–water partition coefficient (Wildman–Crippen LogP) is 3.79. The normalized spacial score (nSPS) is 10.2. The van der Waals surface area contributed by atoms with Gasteiger partial charge in [-0.3, -0.25) is 4.79 Å². The van der Waals surface area contributed by atoms with Crippen LogP contribution in [0.2, 0.25) is 5.02 Å². The molecule has 4 heteroatoms. The van der Waals surface area contributed by atoms with Crippen molar-refractivity contribution in [3.63, 3.8) is 0 Å². The van der Waals surface area contributed by atoms with Crippen LogP contribution in [0.3, 0.4) is 0 Å². The van der Waals surface area contributed by atoms with E-state index in [0.29, 0.717) is 21.5 Å². The fourth-order valence-electron chi connectivity index (χ4n) is 1.11. The number of carbonyl (C=O) groups excluding carboxylic acids is 1. The number of rotatable bonds is 3. The van der Waals surface area contributed by atoms with Crippen molar-refractivity contribution in [3.8, 4) is 5.75 Å². The fourth-order valence-corrected chi connectivity index (χ4v) is 1.72. The molecule has 1 N–H and O–H groups in total. The summed E-state index contributed by atoms with van der Waals surface area (Å²) < 4.78 is 0.487. The third kappa shape index (κ3) is 2.49. The minimum absolute atomic E-state index is 0.00167. The van der Waals surface area contributed by atoms with Gasteiger partial charge in [0.1, 0.15) is 5.75 Å². The van der Waals surface area contributed by atoms with Crippen molar-refractivity contribution >= 4 is 33.3 Å². The van der Waals surface area contributed by atoms with E-state index in [4.69, 9.17) is 11.6 Å². The van der Waals surface area contributed by atoms with E-state index in [-0.39, 0.29) is 11.5 Å². The van der Waals surface area contributed by atoms with Crippen molar-refractivity contribution in [3.05, 3.63) is 27.2 Å². The lowest BCUT2D eigenvalue weighted by Crippen LogP contribution is -1.99. The Morgan fingerprint density at radius 3 is 2.79 bits per heavy atom. The Hall–Kier alpha value is -0.540. The molecule has 2 nitrogen and oxygen atoms in total. The van der Waals surface area contributed by atoms with Crippen LogP contribution in [0.25, 0.3) is 0 Å². The monoisotopic (exact) mass is 276 g/mol. The van der Waals surface area contributed by atoms with Gasteiger partial charge in [0.15, 0.2) is 5.78 Å². The van der Waals surface area contributed by atoms with Crippen LogP contribution in [0.15, 0.2) is 16.6 Å². The molecule has 0 radical (unpaired) electrons. The van der Waals surface area contributed by atoms with Gasteiger partial charge in [-0.1, -0.05) is 18.5 Å². The van der Waals surface area contributed by atoms with Gasteiger partial charge in [-0.2, -0.15) is 0 Å². The topological polar surface area (TPSA) is 37.3 Å². The number of phenols is 1. The maximum absolute atomic E-state index is 11.5. The number of halogens is 2. The maximum Gasteiger partial charge on any atom is 0.164 e. The number of Topliss-reactive ketones (excluding diaryl/α,β-unsaturated/α-hetero) is 1. The second-order valence-corrected chi connectivity index (χ2v) is 4.22. The molecule has 0 atom stereocenters. The van der Waals surface area contributed by atoms with Gasteiger partial charge >= 0.3 is 0 Å². The zero-order valence-corrected chi connectivity index (χ0v) is 10.0. The molecule has 0 spiro atoms. The Morgan fingerprint density at radius 2 is 2.21 bits per heavy atom. The lowest BCUT2D eigenvalue weighted by Gasteiger charge is -2.04. The Balaban J connectivity index is 3.09. The Kier molecular flexibility index (Phi) is 3.96. The molecule has 0 saturated heterocycles. The zero-order chi connectivity index (χ0) is 10.7. The van der Waals surface area contributed by atoms with Crippen LogP contribution in [0, 0.1) is 0 Å². The second kappa shape index (κ2) is 4.80. The van der Waals surface area contributed by atoms with E-state index in [1.165, 1.54) is 6.07 Å². The van der Waals surface area contributed by atoms with Crippen molar-refractivity contribution in [2.24, 2.45) is 0 Å². The van der Waals surface area contributed by atoms with Gasteiger partial charge in [0.05, 0.1) is 9.50 Å². The lowest BCUT2D eigenvalue weighted by molar-refractivity contribution is 0.0982. The van der Waals surface area contributed by atoms with Crippen LogP contribution in [-0.4, -0.2) is 10.9 Å². The first-order chi connectivity index (χ1) is 6.56. The summed E-state index contributed by atoms with van der Waals surface area (Å²) in [4.78, 5) is 11.5. The van der Waals surface area contributed by atoms with Gasteiger partial charge < -0.3 is 5.11 Å². The van der Waals surface area contributed by atoms with Crippen LogP contribution in [0.5, 0.6) is 5.75 Å². The van der Waals surface area contributed by atoms with Crippen molar-refractivity contribution < 1.29 is 9.90 Å². The van der Waals surface area contributed by atoms with Crippen LogP contribution in [0.4, 0.5) is 0 Å². The minimum atomic E-state index is -0.00167. The first-order valence-corrected chi connectivity index (χ1v) is 5.44. The highest BCUT2D eigenvalue weighted by Crippen LogP contribution is 2.31. The third-order valence-corrected chi connectivity index (χ3v) is 2.76. The molecular formula is C10H10BrClO2. The van der Waals surface area contributed by atoms with E-state index < -0.39 is 0 Å². The van der Waals surface area contributed by atoms with E-state index in [9.17, 15) is 9.90 Å². The standard InChI is InChI=1S/C10H10BrClO2/c1-2-3-9(13)6-4-7(11)10(14)5-8(6)12/h4-5,14H,2-3H2,1H3. The Morgan fingerprint density at radius 1 is 1.57 bits per heavy atom. The summed E-state index contributed by atoms with van der Waals surface area (Å²) in [5.41, 5.74) is 0.457. The van der Waals surface area contributed by atoms with Crippen molar-refractivity contribution in [2.75, 3.05) is 0 Å². The smallest absolute Gasteiger partial charge is 0.164 e.